The molecule has 2 unspecified atom stereocenters. The zero-order valence-electron chi connectivity index (χ0n) is 21.2. The number of rotatable bonds is 22. The van der Waals surface area contributed by atoms with E-state index in [1.807, 2.05) is 0 Å². The van der Waals surface area contributed by atoms with E-state index in [1.165, 1.54) is 70.6 Å². The molecule has 0 rings (SSSR count). The van der Waals surface area contributed by atoms with Gasteiger partial charge < -0.3 is 20.1 Å². The Balaban J connectivity index is 4.13. The average molecular weight is 487 g/mol. The molecule has 0 saturated carbocycles. The van der Waals surface area contributed by atoms with Crippen molar-refractivity contribution < 1.29 is 39.2 Å². The summed E-state index contributed by atoms with van der Waals surface area (Å²) in [7, 11) is 0. The summed E-state index contributed by atoms with van der Waals surface area (Å²) in [6.45, 7) is 3.22. The fourth-order valence-electron chi connectivity index (χ4n) is 4.24. The molecule has 0 fully saturated rings. The van der Waals surface area contributed by atoms with Gasteiger partial charge in [-0.05, 0) is 6.42 Å². The van der Waals surface area contributed by atoms with Crippen molar-refractivity contribution in [1.82, 2.24) is 0 Å². The summed E-state index contributed by atoms with van der Waals surface area (Å²) < 4.78 is 4.48. The molecule has 0 aliphatic carbocycles. The van der Waals surface area contributed by atoms with Gasteiger partial charge in [0.2, 0.25) is 0 Å². The quantitative estimate of drug-likeness (QED) is 0.102. The van der Waals surface area contributed by atoms with E-state index >= 15 is 0 Å². The number of aliphatic carboxylic acids is 2. The Morgan fingerprint density at radius 2 is 1.09 bits per heavy atom. The number of aliphatic hydroxyl groups is 1. The van der Waals surface area contributed by atoms with E-state index in [4.69, 9.17) is 5.11 Å². The van der Waals surface area contributed by atoms with Crippen molar-refractivity contribution in [2.24, 2.45) is 5.92 Å². The van der Waals surface area contributed by atoms with Gasteiger partial charge >= 0.3 is 23.9 Å². The first-order valence-electron chi connectivity index (χ1n) is 13.0. The van der Waals surface area contributed by atoms with E-state index in [1.54, 1.807) is 0 Å². The number of carboxylic acid groups (broad SMARTS) is 2. The molecule has 0 aromatic heterocycles. The van der Waals surface area contributed by atoms with Crippen LogP contribution in [0.2, 0.25) is 0 Å². The van der Waals surface area contributed by atoms with Crippen LogP contribution >= 0.6 is 0 Å². The summed E-state index contributed by atoms with van der Waals surface area (Å²) >= 11 is 0. The molecule has 0 saturated heterocycles. The number of esters is 2. The second-order valence-electron chi connectivity index (χ2n) is 9.36. The van der Waals surface area contributed by atoms with Gasteiger partial charge in [-0.25, -0.2) is 4.79 Å². The number of carbonyl (C=O) groups is 4. The number of unbranched alkanes of at least 4 members (excludes halogenated alkanes) is 15. The molecule has 0 radical (unpaired) electrons. The molecule has 2 atom stereocenters. The van der Waals surface area contributed by atoms with Crippen molar-refractivity contribution in [2.45, 2.75) is 135 Å². The van der Waals surface area contributed by atoms with Crippen LogP contribution in [0.4, 0.5) is 0 Å². The summed E-state index contributed by atoms with van der Waals surface area (Å²) in [6.07, 6.45) is 17.3. The lowest BCUT2D eigenvalue weighted by atomic mass is 9.81. The monoisotopic (exact) mass is 486 g/mol. The number of carbonyl (C=O) groups excluding carboxylic acids is 2. The number of hydrogen-bond acceptors (Lipinski definition) is 6. The van der Waals surface area contributed by atoms with Gasteiger partial charge in [0, 0.05) is 6.92 Å². The zero-order valence-corrected chi connectivity index (χ0v) is 21.2. The van der Waals surface area contributed by atoms with Crippen molar-refractivity contribution in [3.8, 4) is 0 Å². The normalized spacial score (nSPS) is 13.7. The van der Waals surface area contributed by atoms with Crippen molar-refractivity contribution in [1.29, 1.82) is 0 Å². The van der Waals surface area contributed by atoms with E-state index in [2.05, 4.69) is 11.7 Å². The Kier molecular flexibility index (Phi) is 18.2. The standard InChI is InChI=1S/C26H46O8/c1-3-4-5-6-7-8-9-10-11-12-13-14-15-16-17-18-19-22(24(30)34-21(2)27)26(33,25(31)32)20-23(28)29/h22,33H,3-20H2,1-2H3,(H,28,29)(H,31,32). The number of hydrogen-bond donors (Lipinski definition) is 3. The van der Waals surface area contributed by atoms with E-state index < -0.39 is 41.8 Å². The molecule has 8 nitrogen and oxygen atoms in total. The van der Waals surface area contributed by atoms with Gasteiger partial charge in [-0.2, -0.15) is 0 Å². The second kappa shape index (κ2) is 19.4. The molecule has 198 valence electrons. The molecular formula is C26H46O8. The third-order valence-corrected chi connectivity index (χ3v) is 6.24. The zero-order chi connectivity index (χ0) is 25.8. The second-order valence-corrected chi connectivity index (χ2v) is 9.36. The molecule has 0 amide bonds. The lowest BCUT2D eigenvalue weighted by molar-refractivity contribution is -0.183. The van der Waals surface area contributed by atoms with Gasteiger partial charge in [-0.1, -0.05) is 110 Å². The molecular weight excluding hydrogens is 440 g/mol. The van der Waals surface area contributed by atoms with Crippen LogP contribution in [0.3, 0.4) is 0 Å². The van der Waals surface area contributed by atoms with Crippen LogP contribution in [0.15, 0.2) is 0 Å². The Morgan fingerprint density at radius 1 is 0.706 bits per heavy atom. The predicted octanol–water partition coefficient (Wildman–Crippen LogP) is 5.63. The lowest BCUT2D eigenvalue weighted by Gasteiger charge is -2.29. The van der Waals surface area contributed by atoms with E-state index in [0.717, 1.165) is 26.2 Å². The Hall–Kier alpha value is -1.96. The maximum absolute atomic E-state index is 12.2. The van der Waals surface area contributed by atoms with Crippen molar-refractivity contribution in [3.63, 3.8) is 0 Å². The van der Waals surface area contributed by atoms with Crippen molar-refractivity contribution in [2.75, 3.05) is 0 Å². The van der Waals surface area contributed by atoms with Crippen molar-refractivity contribution in [3.05, 3.63) is 0 Å². The summed E-state index contributed by atoms with van der Waals surface area (Å²) in [5.41, 5.74) is -2.83. The maximum atomic E-state index is 12.2. The van der Waals surface area contributed by atoms with E-state index in [9.17, 15) is 29.4 Å². The highest BCUT2D eigenvalue weighted by molar-refractivity contribution is 5.93. The highest BCUT2D eigenvalue weighted by Gasteiger charge is 2.50. The van der Waals surface area contributed by atoms with E-state index in [0.29, 0.717) is 12.8 Å². The summed E-state index contributed by atoms with van der Waals surface area (Å²) in [6, 6.07) is 0. The minimum Gasteiger partial charge on any atom is -0.481 e. The fourth-order valence-corrected chi connectivity index (χ4v) is 4.24. The Bertz CT molecular complexity index is 604. The Labute approximate surface area is 204 Å². The van der Waals surface area contributed by atoms with Crippen LogP contribution in [0, 0.1) is 5.92 Å². The third-order valence-electron chi connectivity index (χ3n) is 6.24. The van der Waals surface area contributed by atoms with Crippen LogP contribution in [0.1, 0.15) is 129 Å². The first-order valence-corrected chi connectivity index (χ1v) is 13.0. The van der Waals surface area contributed by atoms with Crippen LogP contribution in [-0.4, -0.2) is 44.8 Å². The molecule has 0 aliphatic rings. The molecule has 0 heterocycles. The number of ether oxygens (including phenoxy) is 1. The molecule has 0 aromatic carbocycles. The van der Waals surface area contributed by atoms with E-state index in [-0.39, 0.29) is 6.42 Å². The van der Waals surface area contributed by atoms with Gasteiger partial charge in [-0.15, -0.1) is 0 Å². The maximum Gasteiger partial charge on any atom is 0.337 e. The van der Waals surface area contributed by atoms with Crippen LogP contribution in [0.5, 0.6) is 0 Å². The summed E-state index contributed by atoms with van der Waals surface area (Å²) in [5.74, 6) is -7.16. The van der Waals surface area contributed by atoms with Gasteiger partial charge in [0.15, 0.2) is 5.60 Å². The Morgan fingerprint density at radius 3 is 1.41 bits per heavy atom. The minimum absolute atomic E-state index is 0.0688. The summed E-state index contributed by atoms with van der Waals surface area (Å²) in [4.78, 5) is 45.9. The van der Waals surface area contributed by atoms with Gasteiger partial charge in [0.05, 0.1) is 12.3 Å². The molecule has 0 bridgehead atoms. The minimum atomic E-state index is -2.83. The van der Waals surface area contributed by atoms with Gasteiger partial charge in [-0.3, -0.25) is 14.4 Å². The van der Waals surface area contributed by atoms with Gasteiger partial charge in [0.25, 0.3) is 0 Å². The molecule has 3 N–H and O–H groups in total. The first kappa shape index (κ1) is 32.0. The topological polar surface area (TPSA) is 138 Å². The van der Waals surface area contributed by atoms with Crippen molar-refractivity contribution >= 4 is 23.9 Å². The third kappa shape index (κ3) is 15.0. The predicted molar refractivity (Wildman–Crippen MR) is 129 cm³/mol. The van der Waals surface area contributed by atoms with Crippen LogP contribution in [0.25, 0.3) is 0 Å². The average Bonchev–Trinajstić information content (AvgIpc) is 2.74. The largest absolute Gasteiger partial charge is 0.481 e. The van der Waals surface area contributed by atoms with Crippen LogP contribution < -0.4 is 0 Å². The molecule has 8 heteroatoms. The first-order chi connectivity index (χ1) is 16.1. The number of carboxylic acids is 2. The highest BCUT2D eigenvalue weighted by Crippen LogP contribution is 2.29. The SMILES string of the molecule is CCCCCCCCCCCCCCCCCCC(C(=O)OC(C)=O)C(O)(CC(=O)O)C(=O)O. The fraction of sp³-hybridized carbons (Fsp3) is 0.846. The molecule has 0 aliphatic heterocycles. The molecule has 34 heavy (non-hydrogen) atoms. The highest BCUT2D eigenvalue weighted by atomic mass is 16.6. The van der Waals surface area contributed by atoms with Gasteiger partial charge in [0.1, 0.15) is 0 Å². The smallest absolute Gasteiger partial charge is 0.337 e. The lowest BCUT2D eigenvalue weighted by Crippen LogP contribution is -2.51. The molecule has 0 spiro atoms. The summed E-state index contributed by atoms with van der Waals surface area (Å²) in [5, 5.41) is 28.8. The van der Waals surface area contributed by atoms with Crippen LogP contribution in [-0.2, 0) is 23.9 Å². The molecule has 0 aromatic rings.